The number of piperidine rings is 1. The van der Waals surface area contributed by atoms with E-state index in [1.165, 1.54) is 10.7 Å². The summed E-state index contributed by atoms with van der Waals surface area (Å²) in [5.41, 5.74) is 5.56. The third kappa shape index (κ3) is 3.69. The first kappa shape index (κ1) is 14.8. The summed E-state index contributed by atoms with van der Waals surface area (Å²) < 4.78 is 26.6. The summed E-state index contributed by atoms with van der Waals surface area (Å²) >= 11 is 0. The number of nitrogens with two attached hydrogens (primary N) is 1. The molecule has 1 aliphatic heterocycles. The summed E-state index contributed by atoms with van der Waals surface area (Å²) in [7, 11) is -3.26. The minimum Gasteiger partial charge on any atom is -0.386 e. The Morgan fingerprint density at radius 3 is 2.37 bits per heavy atom. The minimum absolute atomic E-state index is 0.00748. The van der Waals surface area contributed by atoms with Gasteiger partial charge in [0.2, 0.25) is 10.0 Å². The highest BCUT2D eigenvalue weighted by Gasteiger charge is 2.35. The van der Waals surface area contributed by atoms with Gasteiger partial charge in [-0.25, -0.2) is 8.42 Å². The van der Waals surface area contributed by atoms with Gasteiger partial charge in [-0.2, -0.15) is 4.31 Å². The molecule has 0 aromatic carbocycles. The van der Waals surface area contributed by atoms with E-state index < -0.39 is 16.1 Å². The summed E-state index contributed by atoms with van der Waals surface area (Å²) in [4.78, 5) is 0. The summed E-state index contributed by atoms with van der Waals surface area (Å²) in [5.74, 6) is 0.539. The lowest BCUT2D eigenvalue weighted by Crippen LogP contribution is -2.51. The molecular weight excluding hydrogens is 262 g/mol. The van der Waals surface area contributed by atoms with Crippen molar-refractivity contribution in [2.24, 2.45) is 11.7 Å². The van der Waals surface area contributed by atoms with E-state index in [1.807, 2.05) is 0 Å². The van der Waals surface area contributed by atoms with Crippen molar-refractivity contribution >= 4 is 15.9 Å². The molecule has 2 rings (SSSR count). The van der Waals surface area contributed by atoms with Gasteiger partial charge in [0.05, 0.1) is 11.8 Å². The van der Waals surface area contributed by atoms with E-state index in [4.69, 9.17) is 11.1 Å². The van der Waals surface area contributed by atoms with Crippen LogP contribution in [0.25, 0.3) is 0 Å². The van der Waals surface area contributed by atoms with Crippen LogP contribution in [-0.2, 0) is 10.0 Å². The zero-order valence-electron chi connectivity index (χ0n) is 11.5. The Hall–Kier alpha value is -0.620. The quantitative estimate of drug-likeness (QED) is 0.609. The van der Waals surface area contributed by atoms with Crippen LogP contribution in [-0.4, -0.2) is 36.9 Å². The Bertz CT molecular complexity index is 416. The van der Waals surface area contributed by atoms with Gasteiger partial charge < -0.3 is 5.73 Å². The third-order valence-corrected chi connectivity index (χ3v) is 6.39. The van der Waals surface area contributed by atoms with Crippen molar-refractivity contribution in [2.45, 2.75) is 57.4 Å². The van der Waals surface area contributed by atoms with Crippen LogP contribution >= 0.6 is 0 Å². The molecule has 1 atom stereocenters. The van der Waals surface area contributed by atoms with Crippen LogP contribution in [0.2, 0.25) is 0 Å². The normalized spacial score (nSPS) is 27.3. The van der Waals surface area contributed by atoms with Crippen LogP contribution in [0.4, 0.5) is 0 Å². The smallest absolute Gasteiger partial charge is 0.215 e. The lowest BCUT2D eigenvalue weighted by atomic mass is 9.91. The van der Waals surface area contributed by atoms with E-state index in [9.17, 15) is 8.42 Å². The molecule has 2 fully saturated rings. The molecular formula is C13H25N3O2S. The van der Waals surface area contributed by atoms with Crippen LogP contribution in [0.5, 0.6) is 0 Å². The topological polar surface area (TPSA) is 87.2 Å². The first-order valence-corrected chi connectivity index (χ1v) is 8.95. The highest BCUT2D eigenvalue weighted by atomic mass is 32.2. The molecule has 1 heterocycles. The van der Waals surface area contributed by atoms with Crippen molar-refractivity contribution in [3.05, 3.63) is 0 Å². The van der Waals surface area contributed by atoms with Crippen LogP contribution < -0.4 is 5.73 Å². The Balaban J connectivity index is 2.05. The lowest BCUT2D eigenvalue weighted by molar-refractivity contribution is 0.297. The molecule has 0 aromatic rings. The zero-order chi connectivity index (χ0) is 13.9. The second-order valence-electron chi connectivity index (χ2n) is 5.86. The highest BCUT2D eigenvalue weighted by Crippen LogP contribution is 2.28. The molecule has 6 heteroatoms. The number of sulfonamides is 1. The second-order valence-corrected chi connectivity index (χ2v) is 7.83. The Labute approximate surface area is 116 Å². The van der Waals surface area contributed by atoms with Crippen molar-refractivity contribution in [1.82, 2.24) is 4.31 Å². The zero-order valence-corrected chi connectivity index (χ0v) is 12.3. The minimum atomic E-state index is -3.26. The molecule has 1 aliphatic carbocycles. The molecule has 0 spiro atoms. The molecule has 1 saturated heterocycles. The Morgan fingerprint density at radius 2 is 1.74 bits per heavy atom. The summed E-state index contributed by atoms with van der Waals surface area (Å²) in [5, 5.41) is 7.59. The molecule has 0 bridgehead atoms. The average molecular weight is 287 g/mol. The lowest BCUT2D eigenvalue weighted by Gasteiger charge is -2.35. The molecule has 0 radical (unpaired) electrons. The van der Waals surface area contributed by atoms with Crippen LogP contribution in [0, 0.1) is 11.3 Å². The SMILES string of the molecule is N=C(N)C1CCCCN1S(=O)(=O)CC1CCCCC1. The number of rotatable bonds is 4. The number of nitrogens with one attached hydrogen (secondary N) is 1. The van der Waals surface area contributed by atoms with Crippen molar-refractivity contribution in [2.75, 3.05) is 12.3 Å². The molecule has 19 heavy (non-hydrogen) atoms. The van der Waals surface area contributed by atoms with E-state index in [-0.39, 0.29) is 11.6 Å². The fourth-order valence-corrected chi connectivity index (χ4v) is 5.43. The molecule has 0 aromatic heterocycles. The van der Waals surface area contributed by atoms with E-state index in [0.29, 0.717) is 18.9 Å². The van der Waals surface area contributed by atoms with Gasteiger partial charge in [-0.3, -0.25) is 5.41 Å². The maximum atomic E-state index is 12.5. The van der Waals surface area contributed by atoms with Gasteiger partial charge in [0.1, 0.15) is 5.84 Å². The monoisotopic (exact) mass is 287 g/mol. The maximum absolute atomic E-state index is 12.5. The van der Waals surface area contributed by atoms with Crippen molar-refractivity contribution in [3.63, 3.8) is 0 Å². The number of amidine groups is 1. The largest absolute Gasteiger partial charge is 0.386 e. The van der Waals surface area contributed by atoms with Crippen molar-refractivity contribution in [1.29, 1.82) is 5.41 Å². The van der Waals surface area contributed by atoms with Gasteiger partial charge in [-0.15, -0.1) is 0 Å². The molecule has 3 N–H and O–H groups in total. The Morgan fingerprint density at radius 1 is 1.11 bits per heavy atom. The van der Waals surface area contributed by atoms with E-state index in [0.717, 1.165) is 38.5 Å². The van der Waals surface area contributed by atoms with Crippen molar-refractivity contribution < 1.29 is 8.42 Å². The fourth-order valence-electron chi connectivity index (χ4n) is 3.30. The van der Waals surface area contributed by atoms with Crippen LogP contribution in [0.3, 0.4) is 0 Å². The first-order valence-electron chi connectivity index (χ1n) is 7.34. The Kier molecular flexibility index (Phi) is 4.84. The fraction of sp³-hybridized carbons (Fsp3) is 0.923. The van der Waals surface area contributed by atoms with Crippen molar-refractivity contribution in [3.8, 4) is 0 Å². The number of hydrogen-bond donors (Lipinski definition) is 2. The average Bonchev–Trinajstić information content (AvgIpc) is 2.39. The van der Waals surface area contributed by atoms with Gasteiger partial charge >= 0.3 is 0 Å². The molecule has 0 amide bonds. The number of nitrogens with zero attached hydrogens (tertiary/aromatic N) is 1. The molecule has 1 saturated carbocycles. The van der Waals surface area contributed by atoms with E-state index in [2.05, 4.69) is 0 Å². The second kappa shape index (κ2) is 6.22. The molecule has 2 aliphatic rings. The van der Waals surface area contributed by atoms with Gasteiger partial charge in [0.25, 0.3) is 0 Å². The van der Waals surface area contributed by atoms with Gasteiger partial charge in [-0.05, 0) is 31.6 Å². The van der Waals surface area contributed by atoms with Crippen LogP contribution in [0.1, 0.15) is 51.4 Å². The van der Waals surface area contributed by atoms with E-state index >= 15 is 0 Å². The predicted octanol–water partition coefficient (Wildman–Crippen LogP) is 1.69. The summed E-state index contributed by atoms with van der Waals surface area (Å²) in [6.45, 7) is 0.527. The molecule has 110 valence electrons. The molecule has 1 unspecified atom stereocenters. The first-order chi connectivity index (χ1) is 9.00. The number of hydrogen-bond acceptors (Lipinski definition) is 3. The van der Waals surface area contributed by atoms with Gasteiger partial charge in [0, 0.05) is 6.54 Å². The third-order valence-electron chi connectivity index (χ3n) is 4.34. The van der Waals surface area contributed by atoms with Gasteiger partial charge in [0.15, 0.2) is 0 Å². The summed E-state index contributed by atoms with van der Waals surface area (Å²) in [6.07, 6.45) is 8.12. The maximum Gasteiger partial charge on any atom is 0.215 e. The predicted molar refractivity (Wildman–Crippen MR) is 76.6 cm³/mol. The highest BCUT2D eigenvalue weighted by molar-refractivity contribution is 7.89. The summed E-state index contributed by atoms with van der Waals surface area (Å²) in [6, 6.07) is -0.401. The van der Waals surface area contributed by atoms with E-state index in [1.54, 1.807) is 0 Å². The molecule has 5 nitrogen and oxygen atoms in total. The van der Waals surface area contributed by atoms with Gasteiger partial charge in [-0.1, -0.05) is 25.7 Å². The van der Waals surface area contributed by atoms with Crippen LogP contribution in [0.15, 0.2) is 0 Å². The standard InChI is InChI=1S/C13H25N3O2S/c14-13(15)12-8-4-5-9-16(12)19(17,18)10-11-6-2-1-3-7-11/h11-12H,1-10H2,(H3,14,15).